The van der Waals surface area contributed by atoms with Crippen LogP contribution in [0.3, 0.4) is 0 Å². The summed E-state index contributed by atoms with van der Waals surface area (Å²) in [5.41, 5.74) is 1.48. The van der Waals surface area contributed by atoms with Crippen molar-refractivity contribution in [3.8, 4) is 0 Å². The highest BCUT2D eigenvalue weighted by Gasteiger charge is 2.14. The molecule has 1 aromatic rings. The zero-order chi connectivity index (χ0) is 14.4. The Morgan fingerprint density at radius 3 is 2.35 bits per heavy atom. The first-order valence-corrected chi connectivity index (χ1v) is 7.07. The van der Waals surface area contributed by atoms with Gasteiger partial charge in [0.25, 0.3) is 0 Å². The number of hydrogen-bond acceptors (Lipinski definition) is 4. The van der Waals surface area contributed by atoms with E-state index in [0.717, 1.165) is 51.3 Å². The molecule has 0 aliphatic carbocycles. The van der Waals surface area contributed by atoms with Crippen molar-refractivity contribution in [2.75, 3.05) is 39.3 Å². The van der Waals surface area contributed by atoms with E-state index in [1.165, 1.54) is 0 Å². The summed E-state index contributed by atoms with van der Waals surface area (Å²) in [5, 5.41) is 17.9. The molecule has 5 heteroatoms. The third-order valence-electron chi connectivity index (χ3n) is 3.70. The van der Waals surface area contributed by atoms with Crippen LogP contribution in [0.1, 0.15) is 22.3 Å². The Bertz CT molecular complexity index is 433. The van der Waals surface area contributed by atoms with Gasteiger partial charge in [-0.1, -0.05) is 12.1 Å². The van der Waals surface area contributed by atoms with Crippen LogP contribution in [-0.2, 0) is 6.54 Å². The molecule has 1 aliphatic heterocycles. The van der Waals surface area contributed by atoms with E-state index in [0.29, 0.717) is 5.56 Å². The lowest BCUT2D eigenvalue weighted by Crippen LogP contribution is -2.32. The van der Waals surface area contributed by atoms with Crippen molar-refractivity contribution in [2.45, 2.75) is 13.0 Å². The van der Waals surface area contributed by atoms with E-state index in [1.54, 1.807) is 12.1 Å². The van der Waals surface area contributed by atoms with Gasteiger partial charge >= 0.3 is 5.97 Å². The molecule has 1 aliphatic rings. The largest absolute Gasteiger partial charge is 0.478 e. The quantitative estimate of drug-likeness (QED) is 0.837. The van der Waals surface area contributed by atoms with Gasteiger partial charge in [-0.05, 0) is 37.2 Å². The lowest BCUT2D eigenvalue weighted by atomic mass is 10.1. The fraction of sp³-hybridized carbons (Fsp3) is 0.533. The van der Waals surface area contributed by atoms with Gasteiger partial charge in [0.05, 0.1) is 12.2 Å². The minimum Gasteiger partial charge on any atom is -0.478 e. The second kappa shape index (κ2) is 7.38. The molecule has 0 spiro atoms. The van der Waals surface area contributed by atoms with Crippen LogP contribution in [0.5, 0.6) is 0 Å². The maximum absolute atomic E-state index is 10.8. The van der Waals surface area contributed by atoms with Gasteiger partial charge in [-0.25, -0.2) is 4.79 Å². The number of benzene rings is 1. The molecule has 1 heterocycles. The summed E-state index contributed by atoms with van der Waals surface area (Å²) in [6.45, 7) is 5.87. The monoisotopic (exact) mass is 278 g/mol. The third kappa shape index (κ3) is 4.30. The van der Waals surface area contributed by atoms with Crippen LogP contribution in [0.4, 0.5) is 0 Å². The smallest absolute Gasteiger partial charge is 0.335 e. The highest BCUT2D eigenvalue weighted by molar-refractivity contribution is 5.87. The molecule has 5 nitrogen and oxygen atoms in total. The van der Waals surface area contributed by atoms with E-state index in [4.69, 9.17) is 10.2 Å². The number of carbonyl (C=O) groups is 1. The van der Waals surface area contributed by atoms with Crippen molar-refractivity contribution in [3.63, 3.8) is 0 Å². The number of aromatic carboxylic acids is 1. The SMILES string of the molecule is O=C(O)c1ccc(CN2CCCN(CCO)CC2)cc1. The molecule has 0 radical (unpaired) electrons. The van der Waals surface area contributed by atoms with Crippen molar-refractivity contribution in [1.29, 1.82) is 0 Å². The highest BCUT2D eigenvalue weighted by Crippen LogP contribution is 2.10. The second-order valence-corrected chi connectivity index (χ2v) is 5.20. The maximum atomic E-state index is 10.8. The fourth-order valence-electron chi connectivity index (χ4n) is 2.56. The van der Waals surface area contributed by atoms with Crippen molar-refractivity contribution in [3.05, 3.63) is 35.4 Å². The predicted octanol–water partition coefficient (Wildman–Crippen LogP) is 0.885. The lowest BCUT2D eigenvalue weighted by Gasteiger charge is -2.21. The average molecular weight is 278 g/mol. The van der Waals surface area contributed by atoms with Crippen LogP contribution in [0.15, 0.2) is 24.3 Å². The molecule has 1 saturated heterocycles. The number of aliphatic hydroxyl groups is 1. The summed E-state index contributed by atoms with van der Waals surface area (Å²) >= 11 is 0. The Balaban J connectivity index is 1.88. The van der Waals surface area contributed by atoms with Crippen molar-refractivity contribution in [2.24, 2.45) is 0 Å². The third-order valence-corrected chi connectivity index (χ3v) is 3.70. The molecule has 110 valence electrons. The van der Waals surface area contributed by atoms with Gasteiger partial charge in [-0.3, -0.25) is 9.80 Å². The predicted molar refractivity (Wildman–Crippen MR) is 76.8 cm³/mol. The molecule has 0 atom stereocenters. The minimum absolute atomic E-state index is 0.219. The zero-order valence-electron chi connectivity index (χ0n) is 11.7. The van der Waals surface area contributed by atoms with Crippen LogP contribution in [0.2, 0.25) is 0 Å². The molecular weight excluding hydrogens is 256 g/mol. The van der Waals surface area contributed by atoms with Gasteiger partial charge in [0, 0.05) is 26.2 Å². The van der Waals surface area contributed by atoms with E-state index < -0.39 is 5.97 Å². The number of rotatable bonds is 5. The van der Waals surface area contributed by atoms with Crippen molar-refractivity contribution >= 4 is 5.97 Å². The van der Waals surface area contributed by atoms with Gasteiger partial charge in [-0.15, -0.1) is 0 Å². The number of carboxylic acid groups (broad SMARTS) is 1. The number of aliphatic hydroxyl groups excluding tert-OH is 1. The van der Waals surface area contributed by atoms with Crippen LogP contribution in [0, 0.1) is 0 Å². The van der Waals surface area contributed by atoms with Gasteiger partial charge in [0.2, 0.25) is 0 Å². The van der Waals surface area contributed by atoms with Crippen LogP contribution >= 0.6 is 0 Å². The Labute approximate surface area is 119 Å². The number of hydrogen-bond donors (Lipinski definition) is 2. The van der Waals surface area contributed by atoms with Crippen LogP contribution in [-0.4, -0.2) is 65.3 Å². The topological polar surface area (TPSA) is 64.0 Å². The first-order valence-electron chi connectivity index (χ1n) is 7.07. The zero-order valence-corrected chi connectivity index (χ0v) is 11.7. The van der Waals surface area contributed by atoms with Gasteiger partial charge in [0.1, 0.15) is 0 Å². The molecule has 2 N–H and O–H groups in total. The standard InChI is InChI=1S/C15H22N2O3/c18-11-10-16-6-1-7-17(9-8-16)12-13-2-4-14(5-3-13)15(19)20/h2-5,18H,1,6-12H2,(H,19,20). The summed E-state index contributed by atoms with van der Waals surface area (Å²) in [5.74, 6) is -0.883. The molecule has 0 unspecified atom stereocenters. The summed E-state index contributed by atoms with van der Waals surface area (Å²) in [6.07, 6.45) is 1.10. The van der Waals surface area contributed by atoms with E-state index in [-0.39, 0.29) is 6.61 Å². The summed E-state index contributed by atoms with van der Waals surface area (Å²) < 4.78 is 0. The average Bonchev–Trinajstić information content (AvgIpc) is 2.66. The van der Waals surface area contributed by atoms with Crippen molar-refractivity contribution < 1.29 is 15.0 Å². The molecule has 0 saturated carbocycles. The molecule has 1 fully saturated rings. The first kappa shape index (κ1) is 15.0. The summed E-state index contributed by atoms with van der Waals surface area (Å²) in [7, 11) is 0. The normalized spacial score (nSPS) is 17.9. The summed E-state index contributed by atoms with van der Waals surface area (Å²) in [6, 6.07) is 7.10. The Kier molecular flexibility index (Phi) is 5.52. The fourth-order valence-corrected chi connectivity index (χ4v) is 2.56. The Hall–Kier alpha value is -1.43. The van der Waals surface area contributed by atoms with Crippen molar-refractivity contribution in [1.82, 2.24) is 9.80 Å². The molecule has 1 aromatic carbocycles. The van der Waals surface area contributed by atoms with Gasteiger partial charge in [0.15, 0.2) is 0 Å². The number of nitrogens with zero attached hydrogens (tertiary/aromatic N) is 2. The molecule has 2 rings (SSSR count). The molecule has 0 bridgehead atoms. The molecule has 20 heavy (non-hydrogen) atoms. The number of carboxylic acids is 1. The molecule has 0 aromatic heterocycles. The van der Waals surface area contributed by atoms with Crippen LogP contribution in [0.25, 0.3) is 0 Å². The van der Waals surface area contributed by atoms with Gasteiger partial charge < -0.3 is 10.2 Å². The van der Waals surface area contributed by atoms with E-state index in [2.05, 4.69) is 9.80 Å². The minimum atomic E-state index is -0.883. The highest BCUT2D eigenvalue weighted by atomic mass is 16.4. The molecule has 0 amide bonds. The van der Waals surface area contributed by atoms with Gasteiger partial charge in [-0.2, -0.15) is 0 Å². The van der Waals surface area contributed by atoms with E-state index in [1.807, 2.05) is 12.1 Å². The second-order valence-electron chi connectivity index (χ2n) is 5.20. The summed E-state index contributed by atoms with van der Waals surface area (Å²) in [4.78, 5) is 15.5. The Morgan fingerprint density at radius 2 is 1.70 bits per heavy atom. The number of β-amino-alcohol motifs (C(OH)–C–C–N with tert-alkyl or cyclic N) is 1. The van der Waals surface area contributed by atoms with E-state index >= 15 is 0 Å². The molecular formula is C15H22N2O3. The Morgan fingerprint density at radius 1 is 1.05 bits per heavy atom. The first-order chi connectivity index (χ1) is 9.69. The maximum Gasteiger partial charge on any atom is 0.335 e. The lowest BCUT2D eigenvalue weighted by molar-refractivity contribution is 0.0697. The van der Waals surface area contributed by atoms with Crippen LogP contribution < -0.4 is 0 Å². The van der Waals surface area contributed by atoms with E-state index in [9.17, 15) is 4.79 Å².